The van der Waals surface area contributed by atoms with Gasteiger partial charge in [0.05, 0.1) is 35.0 Å². The van der Waals surface area contributed by atoms with Gasteiger partial charge in [-0.15, -0.1) is 0 Å². The van der Waals surface area contributed by atoms with Crippen molar-refractivity contribution in [3.05, 3.63) is 69.3 Å². The summed E-state index contributed by atoms with van der Waals surface area (Å²) in [6, 6.07) is 10.7. The van der Waals surface area contributed by atoms with Crippen molar-refractivity contribution in [2.24, 2.45) is 0 Å². The lowest BCUT2D eigenvalue weighted by Crippen LogP contribution is -2.28. The summed E-state index contributed by atoms with van der Waals surface area (Å²) >= 11 is 0. The molecular formula is C17H14N4O5. The third kappa shape index (κ3) is 3.36. The number of amides is 1. The zero-order valence-corrected chi connectivity index (χ0v) is 13.7. The highest BCUT2D eigenvalue weighted by Crippen LogP contribution is 2.23. The fraction of sp³-hybridized carbons (Fsp3) is 0.118. The number of methoxy groups -OCH3 is 1. The van der Waals surface area contributed by atoms with Crippen molar-refractivity contribution >= 4 is 28.2 Å². The van der Waals surface area contributed by atoms with E-state index in [-0.39, 0.29) is 23.1 Å². The number of hydrogen-bond donors (Lipinski definition) is 1. The number of para-hydroxylation sites is 2. The van der Waals surface area contributed by atoms with E-state index in [1.807, 2.05) is 0 Å². The Balaban J connectivity index is 1.85. The number of nitrogens with zero attached hydrogens (tertiary/aromatic N) is 3. The molecule has 0 radical (unpaired) electrons. The van der Waals surface area contributed by atoms with Crippen molar-refractivity contribution in [2.45, 2.75) is 6.54 Å². The van der Waals surface area contributed by atoms with Crippen LogP contribution in [0.15, 0.2) is 53.6 Å². The molecule has 1 aromatic heterocycles. The van der Waals surface area contributed by atoms with Gasteiger partial charge in [0.1, 0.15) is 12.3 Å². The molecule has 1 N–H and O–H groups in total. The lowest BCUT2D eigenvalue weighted by atomic mass is 10.2. The number of non-ortho nitro benzene ring substituents is 1. The molecule has 1 amide bonds. The second-order valence-electron chi connectivity index (χ2n) is 5.38. The van der Waals surface area contributed by atoms with Crippen LogP contribution in [0.2, 0.25) is 0 Å². The zero-order chi connectivity index (χ0) is 18.7. The molecule has 1 heterocycles. The number of nitrogens with one attached hydrogen (secondary N) is 1. The van der Waals surface area contributed by atoms with E-state index in [0.717, 1.165) is 4.57 Å². The summed E-state index contributed by atoms with van der Waals surface area (Å²) in [5.74, 6) is 0.0665. The highest BCUT2D eigenvalue weighted by atomic mass is 16.6. The van der Waals surface area contributed by atoms with Crippen molar-refractivity contribution in [3.8, 4) is 5.75 Å². The first-order chi connectivity index (χ1) is 12.5. The average molecular weight is 354 g/mol. The Morgan fingerprint density at radius 1 is 1.31 bits per heavy atom. The number of benzene rings is 2. The van der Waals surface area contributed by atoms with Crippen molar-refractivity contribution < 1.29 is 14.5 Å². The van der Waals surface area contributed by atoms with Gasteiger partial charge < -0.3 is 10.1 Å². The maximum atomic E-state index is 12.5. The predicted octanol–water partition coefficient (Wildman–Crippen LogP) is 1.95. The van der Waals surface area contributed by atoms with Crippen LogP contribution in [-0.4, -0.2) is 27.5 Å². The van der Waals surface area contributed by atoms with Crippen LogP contribution in [0.1, 0.15) is 0 Å². The van der Waals surface area contributed by atoms with Gasteiger partial charge in [-0.3, -0.25) is 24.3 Å². The van der Waals surface area contributed by atoms with Crippen LogP contribution in [0.5, 0.6) is 5.75 Å². The molecule has 0 aliphatic carbocycles. The standard InChI is InChI=1S/C17H14N4O5/c1-26-15-5-3-2-4-13(15)19-16(22)9-20-10-18-14-8-11(21(24)25)6-7-12(14)17(20)23/h2-8,10H,9H2,1H3,(H,19,22). The molecular weight excluding hydrogens is 340 g/mol. The monoisotopic (exact) mass is 354 g/mol. The molecule has 0 aliphatic heterocycles. The Kier molecular flexibility index (Phi) is 4.61. The van der Waals surface area contributed by atoms with Crippen molar-refractivity contribution in [1.29, 1.82) is 0 Å². The number of nitro benzene ring substituents is 1. The molecule has 0 spiro atoms. The van der Waals surface area contributed by atoms with E-state index in [1.165, 1.54) is 31.6 Å². The largest absolute Gasteiger partial charge is 0.495 e. The summed E-state index contributed by atoms with van der Waals surface area (Å²) in [5.41, 5.74) is 0.0687. The van der Waals surface area contributed by atoms with E-state index in [9.17, 15) is 19.7 Å². The van der Waals surface area contributed by atoms with Crippen LogP contribution in [0, 0.1) is 10.1 Å². The molecule has 0 saturated heterocycles. The zero-order valence-electron chi connectivity index (χ0n) is 13.7. The molecule has 0 unspecified atom stereocenters. The summed E-state index contributed by atoms with van der Waals surface area (Å²) in [4.78, 5) is 39.0. The van der Waals surface area contributed by atoms with Gasteiger partial charge in [-0.1, -0.05) is 12.1 Å². The molecule has 9 heteroatoms. The number of nitro groups is 1. The number of carbonyl (C=O) groups excluding carboxylic acids is 1. The fourth-order valence-electron chi connectivity index (χ4n) is 2.47. The van der Waals surface area contributed by atoms with Crippen molar-refractivity contribution in [2.75, 3.05) is 12.4 Å². The van der Waals surface area contributed by atoms with E-state index in [0.29, 0.717) is 11.4 Å². The van der Waals surface area contributed by atoms with E-state index in [4.69, 9.17) is 4.74 Å². The Hall–Kier alpha value is -3.75. The van der Waals surface area contributed by atoms with E-state index >= 15 is 0 Å². The third-order valence-corrected chi connectivity index (χ3v) is 3.71. The predicted molar refractivity (Wildman–Crippen MR) is 94.3 cm³/mol. The number of rotatable bonds is 5. The number of anilines is 1. The van der Waals surface area contributed by atoms with Gasteiger partial charge in [-0.2, -0.15) is 0 Å². The molecule has 0 atom stereocenters. The number of hydrogen-bond acceptors (Lipinski definition) is 6. The Labute approximate surface area is 147 Å². The van der Waals surface area contributed by atoms with Gasteiger partial charge in [-0.05, 0) is 18.2 Å². The third-order valence-electron chi connectivity index (χ3n) is 3.71. The Bertz CT molecular complexity index is 1060. The smallest absolute Gasteiger partial charge is 0.271 e. The number of aromatic nitrogens is 2. The highest BCUT2D eigenvalue weighted by molar-refractivity contribution is 5.92. The van der Waals surface area contributed by atoms with Crippen molar-refractivity contribution in [3.63, 3.8) is 0 Å². The fourth-order valence-corrected chi connectivity index (χ4v) is 2.47. The quantitative estimate of drug-likeness (QED) is 0.553. The molecule has 0 fully saturated rings. The first-order valence-electron chi connectivity index (χ1n) is 7.56. The Morgan fingerprint density at radius 2 is 2.08 bits per heavy atom. The minimum Gasteiger partial charge on any atom is -0.495 e. The number of carbonyl (C=O) groups is 1. The van der Waals surface area contributed by atoms with Crippen LogP contribution < -0.4 is 15.6 Å². The molecule has 9 nitrogen and oxygen atoms in total. The first kappa shape index (κ1) is 17.1. The lowest BCUT2D eigenvalue weighted by Gasteiger charge is -2.11. The van der Waals surface area contributed by atoms with Gasteiger partial charge in [0.2, 0.25) is 5.91 Å². The van der Waals surface area contributed by atoms with Crippen LogP contribution in [-0.2, 0) is 11.3 Å². The molecule has 0 bridgehead atoms. The van der Waals surface area contributed by atoms with E-state index in [2.05, 4.69) is 10.3 Å². The molecule has 0 saturated carbocycles. The summed E-state index contributed by atoms with van der Waals surface area (Å²) in [7, 11) is 1.49. The molecule has 0 aliphatic rings. The molecule has 2 aromatic carbocycles. The minimum atomic E-state index is -0.562. The van der Waals surface area contributed by atoms with E-state index < -0.39 is 16.4 Å². The van der Waals surface area contributed by atoms with Gasteiger partial charge in [0, 0.05) is 12.1 Å². The van der Waals surface area contributed by atoms with Crippen LogP contribution in [0.25, 0.3) is 10.9 Å². The normalized spacial score (nSPS) is 10.5. The molecule has 3 rings (SSSR count). The average Bonchev–Trinajstić information content (AvgIpc) is 2.64. The minimum absolute atomic E-state index is 0.156. The maximum absolute atomic E-state index is 12.5. The van der Waals surface area contributed by atoms with Gasteiger partial charge in [0.25, 0.3) is 11.2 Å². The highest BCUT2D eigenvalue weighted by Gasteiger charge is 2.13. The second-order valence-corrected chi connectivity index (χ2v) is 5.38. The maximum Gasteiger partial charge on any atom is 0.271 e. The second kappa shape index (κ2) is 7.01. The van der Waals surface area contributed by atoms with Gasteiger partial charge in [-0.25, -0.2) is 4.98 Å². The van der Waals surface area contributed by atoms with E-state index in [1.54, 1.807) is 24.3 Å². The van der Waals surface area contributed by atoms with Crippen LogP contribution in [0.3, 0.4) is 0 Å². The van der Waals surface area contributed by atoms with Crippen LogP contribution in [0.4, 0.5) is 11.4 Å². The first-order valence-corrected chi connectivity index (χ1v) is 7.56. The summed E-state index contributed by atoms with van der Waals surface area (Å²) in [5, 5.41) is 13.7. The molecule has 132 valence electrons. The van der Waals surface area contributed by atoms with Gasteiger partial charge >= 0.3 is 0 Å². The van der Waals surface area contributed by atoms with Gasteiger partial charge in [0.15, 0.2) is 0 Å². The van der Waals surface area contributed by atoms with Crippen LogP contribution >= 0.6 is 0 Å². The molecule has 3 aromatic rings. The topological polar surface area (TPSA) is 116 Å². The molecule has 26 heavy (non-hydrogen) atoms. The SMILES string of the molecule is COc1ccccc1NC(=O)Cn1cnc2cc([N+](=O)[O-])ccc2c1=O. The summed E-state index contributed by atoms with van der Waals surface area (Å²) in [6.07, 6.45) is 1.19. The summed E-state index contributed by atoms with van der Waals surface area (Å²) in [6.45, 7) is -0.253. The number of ether oxygens (including phenoxy) is 1. The lowest BCUT2D eigenvalue weighted by molar-refractivity contribution is -0.384. The summed E-state index contributed by atoms with van der Waals surface area (Å²) < 4.78 is 6.30. The number of fused-ring (bicyclic) bond motifs is 1. The Morgan fingerprint density at radius 3 is 2.81 bits per heavy atom. The van der Waals surface area contributed by atoms with Crippen molar-refractivity contribution in [1.82, 2.24) is 9.55 Å².